The Morgan fingerprint density at radius 1 is 0.710 bits per heavy atom. The van der Waals surface area contributed by atoms with Crippen molar-refractivity contribution in [2.45, 2.75) is 25.7 Å². The first-order valence-electron chi connectivity index (χ1n) is 10.6. The molecule has 4 nitrogen and oxygen atoms in total. The molecule has 2 aromatic rings. The number of hydrogen-bond acceptors (Lipinski definition) is 4. The standard InChI is InChI=1S/C23H25F4N3O/c24-17-1-3-21(19(26)13-17)29-9-5-15(6-10-29)23(28-31)16-7-11-30(12-8-16)22-4-2-18(25)14-20(22)27/h1-4,13-16,31H,5-12H2. The van der Waals surface area contributed by atoms with Crippen LogP contribution in [0.2, 0.25) is 0 Å². The molecule has 0 aromatic heterocycles. The molecule has 0 radical (unpaired) electrons. The molecule has 0 amide bonds. The van der Waals surface area contributed by atoms with Gasteiger partial charge in [0.1, 0.15) is 23.3 Å². The molecular weight excluding hydrogens is 410 g/mol. The number of hydrogen-bond donors (Lipinski definition) is 1. The van der Waals surface area contributed by atoms with E-state index in [1.165, 1.54) is 24.3 Å². The van der Waals surface area contributed by atoms with E-state index in [1.54, 1.807) is 0 Å². The summed E-state index contributed by atoms with van der Waals surface area (Å²) in [7, 11) is 0. The second-order valence-corrected chi connectivity index (χ2v) is 8.24. The number of halogens is 4. The largest absolute Gasteiger partial charge is 0.411 e. The number of benzene rings is 2. The van der Waals surface area contributed by atoms with Crippen LogP contribution in [-0.2, 0) is 0 Å². The van der Waals surface area contributed by atoms with E-state index >= 15 is 0 Å². The van der Waals surface area contributed by atoms with E-state index in [0.717, 1.165) is 17.8 Å². The molecule has 4 rings (SSSR count). The third-order valence-electron chi connectivity index (χ3n) is 6.44. The summed E-state index contributed by atoms with van der Waals surface area (Å²) in [5.74, 6) is -2.17. The van der Waals surface area contributed by atoms with Crippen LogP contribution >= 0.6 is 0 Å². The summed E-state index contributed by atoms with van der Waals surface area (Å²) in [5.41, 5.74) is 1.52. The van der Waals surface area contributed by atoms with Gasteiger partial charge in [-0.05, 0) is 49.9 Å². The van der Waals surface area contributed by atoms with Crippen molar-refractivity contribution in [3.8, 4) is 0 Å². The molecule has 0 atom stereocenters. The highest BCUT2D eigenvalue weighted by molar-refractivity contribution is 5.89. The molecule has 2 aliphatic heterocycles. The van der Waals surface area contributed by atoms with Crippen LogP contribution in [0.25, 0.3) is 0 Å². The van der Waals surface area contributed by atoms with E-state index in [2.05, 4.69) is 5.16 Å². The maximum atomic E-state index is 14.1. The lowest BCUT2D eigenvalue weighted by molar-refractivity contribution is 0.301. The second-order valence-electron chi connectivity index (χ2n) is 8.24. The minimum Gasteiger partial charge on any atom is -0.411 e. The van der Waals surface area contributed by atoms with Crippen molar-refractivity contribution >= 4 is 17.1 Å². The van der Waals surface area contributed by atoms with Crippen molar-refractivity contribution < 1.29 is 22.8 Å². The van der Waals surface area contributed by atoms with Crippen LogP contribution in [0.15, 0.2) is 41.6 Å². The normalized spacial score (nSPS) is 18.3. The molecule has 0 unspecified atom stereocenters. The SMILES string of the molecule is ON=C(C1CCN(c2ccc(F)cc2F)CC1)C1CCN(c2ccc(F)cc2F)CC1. The van der Waals surface area contributed by atoms with Crippen LogP contribution in [-0.4, -0.2) is 37.1 Å². The molecular formula is C23H25F4N3O. The summed E-state index contributed by atoms with van der Waals surface area (Å²) >= 11 is 0. The van der Waals surface area contributed by atoms with Gasteiger partial charge in [0.05, 0.1) is 17.1 Å². The molecule has 8 heteroatoms. The van der Waals surface area contributed by atoms with Gasteiger partial charge in [0.25, 0.3) is 0 Å². The van der Waals surface area contributed by atoms with Gasteiger partial charge >= 0.3 is 0 Å². The second kappa shape index (κ2) is 9.16. The van der Waals surface area contributed by atoms with E-state index in [4.69, 9.17) is 0 Å². The fraction of sp³-hybridized carbons (Fsp3) is 0.435. The Morgan fingerprint density at radius 3 is 1.42 bits per heavy atom. The van der Waals surface area contributed by atoms with Gasteiger partial charge in [-0.15, -0.1) is 0 Å². The van der Waals surface area contributed by atoms with Crippen LogP contribution in [0.5, 0.6) is 0 Å². The van der Waals surface area contributed by atoms with Crippen molar-refractivity contribution in [3.05, 3.63) is 59.7 Å². The van der Waals surface area contributed by atoms with Crippen LogP contribution in [0, 0.1) is 35.1 Å². The quantitative estimate of drug-likeness (QED) is 0.310. The van der Waals surface area contributed by atoms with E-state index in [-0.39, 0.29) is 11.8 Å². The highest BCUT2D eigenvalue weighted by Gasteiger charge is 2.32. The molecule has 2 saturated heterocycles. The van der Waals surface area contributed by atoms with Gasteiger partial charge in [0.2, 0.25) is 0 Å². The highest BCUT2D eigenvalue weighted by Crippen LogP contribution is 2.32. The van der Waals surface area contributed by atoms with Gasteiger partial charge in [0, 0.05) is 50.1 Å². The average molecular weight is 435 g/mol. The van der Waals surface area contributed by atoms with Gasteiger partial charge in [-0.2, -0.15) is 0 Å². The first-order chi connectivity index (χ1) is 15.0. The Kier molecular flexibility index (Phi) is 6.34. The zero-order valence-electron chi connectivity index (χ0n) is 17.1. The topological polar surface area (TPSA) is 39.1 Å². The molecule has 1 N–H and O–H groups in total. The van der Waals surface area contributed by atoms with Gasteiger partial charge in [-0.1, -0.05) is 5.16 Å². The van der Waals surface area contributed by atoms with Crippen molar-refractivity contribution in [2.24, 2.45) is 17.0 Å². The summed E-state index contributed by atoms with van der Waals surface area (Å²) in [4.78, 5) is 3.78. The number of piperidine rings is 2. The third-order valence-corrected chi connectivity index (χ3v) is 6.44. The summed E-state index contributed by atoms with van der Waals surface area (Å²) < 4.78 is 54.5. The molecule has 0 bridgehead atoms. The van der Waals surface area contributed by atoms with Crippen LogP contribution in [0.1, 0.15) is 25.7 Å². The molecule has 0 aliphatic carbocycles. The van der Waals surface area contributed by atoms with Crippen LogP contribution < -0.4 is 9.80 Å². The first-order valence-corrected chi connectivity index (χ1v) is 10.6. The van der Waals surface area contributed by atoms with Gasteiger partial charge in [-0.3, -0.25) is 0 Å². The van der Waals surface area contributed by atoms with Crippen molar-refractivity contribution in [1.29, 1.82) is 0 Å². The number of anilines is 2. The third kappa shape index (κ3) is 4.62. The summed E-state index contributed by atoms with van der Waals surface area (Å²) in [6.07, 6.45) is 2.85. The minimum atomic E-state index is -0.599. The summed E-state index contributed by atoms with van der Waals surface area (Å²) in [6, 6.07) is 7.19. The maximum Gasteiger partial charge on any atom is 0.149 e. The zero-order chi connectivity index (χ0) is 22.0. The Bertz CT molecular complexity index is 878. The predicted octanol–water partition coefficient (Wildman–Crippen LogP) is 5.21. The van der Waals surface area contributed by atoms with Crippen molar-refractivity contribution in [1.82, 2.24) is 0 Å². The lowest BCUT2D eigenvalue weighted by Crippen LogP contribution is -2.42. The Hall–Kier alpha value is -2.77. The molecule has 2 aliphatic rings. The molecule has 2 fully saturated rings. The predicted molar refractivity (Wildman–Crippen MR) is 112 cm³/mol. The number of rotatable bonds is 4. The minimum absolute atomic E-state index is 0.0869. The van der Waals surface area contributed by atoms with Gasteiger partial charge < -0.3 is 15.0 Å². The monoisotopic (exact) mass is 435 g/mol. The lowest BCUT2D eigenvalue weighted by Gasteiger charge is -2.38. The molecule has 2 heterocycles. The first kappa shape index (κ1) is 21.5. The number of oxime groups is 1. The van der Waals surface area contributed by atoms with E-state index in [0.29, 0.717) is 63.2 Å². The lowest BCUT2D eigenvalue weighted by atomic mass is 9.80. The molecule has 0 spiro atoms. The fourth-order valence-electron chi connectivity index (χ4n) is 4.80. The Morgan fingerprint density at radius 2 is 1.10 bits per heavy atom. The highest BCUT2D eigenvalue weighted by atomic mass is 19.1. The maximum absolute atomic E-state index is 14.1. The Balaban J connectivity index is 1.35. The molecule has 0 saturated carbocycles. The van der Waals surface area contributed by atoms with E-state index in [9.17, 15) is 22.8 Å². The fourth-order valence-corrected chi connectivity index (χ4v) is 4.80. The molecule has 2 aromatic carbocycles. The van der Waals surface area contributed by atoms with Gasteiger partial charge in [0.15, 0.2) is 0 Å². The zero-order valence-corrected chi connectivity index (χ0v) is 17.1. The van der Waals surface area contributed by atoms with E-state index in [1.807, 2.05) is 9.80 Å². The van der Waals surface area contributed by atoms with Crippen molar-refractivity contribution in [3.63, 3.8) is 0 Å². The summed E-state index contributed by atoms with van der Waals surface area (Å²) in [5, 5.41) is 13.3. The average Bonchev–Trinajstić information content (AvgIpc) is 2.76. The smallest absolute Gasteiger partial charge is 0.149 e. The molecule has 166 valence electrons. The van der Waals surface area contributed by atoms with Crippen LogP contribution in [0.4, 0.5) is 28.9 Å². The van der Waals surface area contributed by atoms with Crippen molar-refractivity contribution in [2.75, 3.05) is 36.0 Å². The van der Waals surface area contributed by atoms with Gasteiger partial charge in [-0.25, -0.2) is 17.6 Å². The Labute approximate surface area is 178 Å². The van der Waals surface area contributed by atoms with Crippen LogP contribution in [0.3, 0.4) is 0 Å². The summed E-state index contributed by atoms with van der Waals surface area (Å²) in [6.45, 7) is 2.36. The molecule has 31 heavy (non-hydrogen) atoms. The van der Waals surface area contributed by atoms with E-state index < -0.39 is 23.3 Å². The number of nitrogens with zero attached hydrogens (tertiary/aromatic N) is 3.